The van der Waals surface area contributed by atoms with Gasteiger partial charge < -0.3 is 0 Å². The third kappa shape index (κ3) is 1.72. The lowest BCUT2D eigenvalue weighted by molar-refractivity contribution is 0.820. The summed E-state index contributed by atoms with van der Waals surface area (Å²) < 4.78 is 1.19. The highest BCUT2D eigenvalue weighted by molar-refractivity contribution is 9.10. The minimum atomic E-state index is 1.08. The Morgan fingerprint density at radius 3 is 2.84 bits per heavy atom. The van der Waals surface area contributed by atoms with Gasteiger partial charge in [-0.2, -0.15) is 0 Å². The molecule has 1 heteroatoms. The van der Waals surface area contributed by atoms with Gasteiger partial charge in [0.15, 0.2) is 0 Å². The van der Waals surface area contributed by atoms with E-state index in [1.807, 2.05) is 0 Å². The van der Waals surface area contributed by atoms with Crippen molar-refractivity contribution in [3.05, 3.63) is 63.7 Å². The maximum atomic E-state index is 3.66. The van der Waals surface area contributed by atoms with Crippen molar-refractivity contribution in [1.82, 2.24) is 0 Å². The van der Waals surface area contributed by atoms with Gasteiger partial charge in [0, 0.05) is 4.47 Å². The lowest BCUT2D eigenvalue weighted by Crippen LogP contribution is -2.06. The third-order valence-electron chi connectivity index (χ3n) is 4.31. The molecule has 2 aliphatic carbocycles. The van der Waals surface area contributed by atoms with Gasteiger partial charge in [0.25, 0.3) is 0 Å². The van der Waals surface area contributed by atoms with E-state index in [0.717, 1.165) is 6.42 Å². The molecule has 2 aromatic rings. The summed E-state index contributed by atoms with van der Waals surface area (Å²) in [6.45, 7) is 0. The summed E-state index contributed by atoms with van der Waals surface area (Å²) in [4.78, 5) is 0. The molecule has 0 unspecified atom stereocenters. The monoisotopic (exact) mass is 310 g/mol. The summed E-state index contributed by atoms with van der Waals surface area (Å²) in [5, 5.41) is 2.73. The molecule has 0 atom stereocenters. The van der Waals surface area contributed by atoms with Crippen molar-refractivity contribution in [3.63, 3.8) is 0 Å². The number of benzene rings is 2. The average molecular weight is 311 g/mol. The highest BCUT2D eigenvalue weighted by atomic mass is 79.9. The fourth-order valence-electron chi connectivity index (χ4n) is 3.38. The summed E-state index contributed by atoms with van der Waals surface area (Å²) in [5.74, 6) is 0. The van der Waals surface area contributed by atoms with E-state index in [9.17, 15) is 0 Å². The van der Waals surface area contributed by atoms with Crippen LogP contribution < -0.4 is 0 Å². The molecule has 0 N–H and O–H groups in total. The highest BCUT2D eigenvalue weighted by Crippen LogP contribution is 2.41. The zero-order valence-electron chi connectivity index (χ0n) is 10.7. The van der Waals surface area contributed by atoms with Crippen LogP contribution in [0.2, 0.25) is 0 Å². The second-order valence-corrected chi connectivity index (χ2v) is 6.22. The second-order valence-electron chi connectivity index (χ2n) is 5.37. The Labute approximate surface area is 122 Å². The molecule has 0 spiro atoms. The zero-order chi connectivity index (χ0) is 12.8. The Balaban J connectivity index is 2.03. The van der Waals surface area contributed by atoms with Gasteiger partial charge in [-0.25, -0.2) is 0 Å². The normalized spacial score (nSPS) is 17.5. The molecule has 0 radical (unpaired) electrons. The van der Waals surface area contributed by atoms with Crippen molar-refractivity contribution < 1.29 is 0 Å². The van der Waals surface area contributed by atoms with E-state index in [1.165, 1.54) is 51.2 Å². The maximum Gasteiger partial charge on any atom is 0.0253 e. The van der Waals surface area contributed by atoms with Crippen molar-refractivity contribution in [2.45, 2.75) is 25.7 Å². The van der Waals surface area contributed by atoms with Crippen molar-refractivity contribution >= 4 is 32.3 Å². The van der Waals surface area contributed by atoms with Gasteiger partial charge in [-0.1, -0.05) is 52.3 Å². The summed E-state index contributed by atoms with van der Waals surface area (Å²) in [6, 6.07) is 11.1. The lowest BCUT2D eigenvalue weighted by atomic mass is 9.80. The lowest BCUT2D eigenvalue weighted by Gasteiger charge is -2.25. The van der Waals surface area contributed by atoms with Crippen LogP contribution in [0.15, 0.2) is 52.5 Å². The Hall–Kier alpha value is -1.34. The molecule has 0 nitrogen and oxygen atoms in total. The smallest absolute Gasteiger partial charge is 0.0253 e. The number of hydrogen-bond donors (Lipinski definition) is 0. The van der Waals surface area contributed by atoms with Crippen LogP contribution in [0.1, 0.15) is 30.4 Å². The summed E-state index contributed by atoms with van der Waals surface area (Å²) in [5.41, 5.74) is 6.01. The summed E-state index contributed by atoms with van der Waals surface area (Å²) in [7, 11) is 0. The van der Waals surface area contributed by atoms with Crippen LogP contribution in [0.5, 0.6) is 0 Å². The summed E-state index contributed by atoms with van der Waals surface area (Å²) >= 11 is 3.66. The van der Waals surface area contributed by atoms with Gasteiger partial charge in [-0.3, -0.25) is 0 Å². The first kappa shape index (κ1) is 11.5. The molecule has 0 aromatic heterocycles. The van der Waals surface area contributed by atoms with E-state index in [2.05, 4.69) is 58.4 Å². The van der Waals surface area contributed by atoms with E-state index in [0.29, 0.717) is 0 Å². The molecule has 0 amide bonds. The van der Waals surface area contributed by atoms with Gasteiger partial charge in [0.05, 0.1) is 0 Å². The SMILES string of the molecule is Brc1cccc2c3c(ccc12)C1=CCCCC1=CC3. The molecule has 0 bridgehead atoms. The first-order valence-electron chi connectivity index (χ1n) is 6.94. The largest absolute Gasteiger partial charge is 0.0764 e. The molecular weight excluding hydrogens is 296 g/mol. The van der Waals surface area contributed by atoms with Crippen LogP contribution >= 0.6 is 15.9 Å². The molecule has 0 aliphatic heterocycles. The predicted octanol–water partition coefficient (Wildman–Crippen LogP) is 5.65. The van der Waals surface area contributed by atoms with Crippen LogP contribution in [0, 0.1) is 0 Å². The minimum Gasteiger partial charge on any atom is -0.0764 e. The average Bonchev–Trinajstić information content (AvgIpc) is 2.47. The van der Waals surface area contributed by atoms with Crippen LogP contribution in [-0.2, 0) is 6.42 Å². The molecule has 2 aliphatic rings. The van der Waals surface area contributed by atoms with E-state index in [1.54, 1.807) is 5.57 Å². The van der Waals surface area contributed by atoms with Gasteiger partial charge in [-0.05, 0) is 64.8 Å². The molecule has 0 saturated carbocycles. The van der Waals surface area contributed by atoms with Gasteiger partial charge in [-0.15, -0.1) is 0 Å². The standard InChI is InChI=1S/C18H15Br/c19-18-7-3-6-14-16-9-8-12-4-1-2-5-13(12)15(16)10-11-17(14)18/h3,5-8,10-11H,1-2,4,9H2. The van der Waals surface area contributed by atoms with Gasteiger partial charge in [0.2, 0.25) is 0 Å². The van der Waals surface area contributed by atoms with E-state index < -0.39 is 0 Å². The molecule has 4 rings (SSSR count). The molecular formula is C18H15Br. The Bertz CT molecular complexity index is 735. The number of allylic oxidation sites excluding steroid dienone is 4. The maximum absolute atomic E-state index is 3.66. The van der Waals surface area contributed by atoms with Crippen LogP contribution in [-0.4, -0.2) is 0 Å². The van der Waals surface area contributed by atoms with Crippen molar-refractivity contribution in [2.24, 2.45) is 0 Å². The number of halogens is 1. The molecule has 0 heterocycles. The van der Waals surface area contributed by atoms with Crippen LogP contribution in [0.25, 0.3) is 16.3 Å². The Morgan fingerprint density at radius 2 is 1.89 bits per heavy atom. The molecule has 0 fully saturated rings. The first-order chi connectivity index (χ1) is 9.34. The molecule has 2 aromatic carbocycles. The van der Waals surface area contributed by atoms with Gasteiger partial charge in [0.1, 0.15) is 0 Å². The number of fused-ring (bicyclic) bond motifs is 5. The van der Waals surface area contributed by atoms with Gasteiger partial charge >= 0.3 is 0 Å². The predicted molar refractivity (Wildman–Crippen MR) is 85.3 cm³/mol. The molecule has 19 heavy (non-hydrogen) atoms. The third-order valence-corrected chi connectivity index (χ3v) is 5.00. The van der Waals surface area contributed by atoms with Crippen LogP contribution in [0.3, 0.4) is 0 Å². The fraction of sp³-hybridized carbons (Fsp3) is 0.222. The summed E-state index contributed by atoms with van der Waals surface area (Å²) in [6.07, 6.45) is 9.73. The molecule has 0 saturated heterocycles. The first-order valence-corrected chi connectivity index (χ1v) is 7.74. The number of rotatable bonds is 0. The van der Waals surface area contributed by atoms with Crippen LogP contribution in [0.4, 0.5) is 0 Å². The van der Waals surface area contributed by atoms with Crippen molar-refractivity contribution in [2.75, 3.05) is 0 Å². The zero-order valence-corrected chi connectivity index (χ0v) is 12.3. The quantitative estimate of drug-likeness (QED) is 0.589. The number of hydrogen-bond acceptors (Lipinski definition) is 0. The van der Waals surface area contributed by atoms with E-state index in [-0.39, 0.29) is 0 Å². The van der Waals surface area contributed by atoms with E-state index in [4.69, 9.17) is 0 Å². The molecule has 94 valence electrons. The van der Waals surface area contributed by atoms with E-state index >= 15 is 0 Å². The Kier molecular flexibility index (Phi) is 2.63. The highest BCUT2D eigenvalue weighted by Gasteiger charge is 2.20. The van der Waals surface area contributed by atoms with Crippen molar-refractivity contribution in [3.8, 4) is 0 Å². The Morgan fingerprint density at radius 1 is 0.947 bits per heavy atom. The van der Waals surface area contributed by atoms with Crippen molar-refractivity contribution in [1.29, 1.82) is 0 Å². The topological polar surface area (TPSA) is 0 Å². The minimum absolute atomic E-state index is 1.08. The second kappa shape index (κ2) is 4.35. The fourth-order valence-corrected chi connectivity index (χ4v) is 3.88.